The Bertz CT molecular complexity index is 139. The van der Waals surface area contributed by atoms with Crippen molar-refractivity contribution in [3.8, 4) is 0 Å². The molecule has 1 nitrogen and oxygen atoms in total. The van der Waals surface area contributed by atoms with Crippen molar-refractivity contribution in [1.82, 2.24) is 0 Å². The van der Waals surface area contributed by atoms with Crippen LogP contribution in [0.2, 0.25) is 0 Å². The van der Waals surface area contributed by atoms with Crippen LogP contribution in [0.5, 0.6) is 0 Å². The van der Waals surface area contributed by atoms with E-state index >= 15 is 0 Å². The molecule has 0 N–H and O–H groups in total. The highest BCUT2D eigenvalue weighted by molar-refractivity contribution is 7.99. The zero-order valence-corrected chi connectivity index (χ0v) is 8.77. The van der Waals surface area contributed by atoms with Crippen LogP contribution in [-0.4, -0.2) is 17.6 Å². The molecule has 0 bridgehead atoms. The van der Waals surface area contributed by atoms with Gasteiger partial charge in [0, 0.05) is 0 Å². The van der Waals surface area contributed by atoms with Crippen LogP contribution in [0.4, 0.5) is 0 Å². The van der Waals surface area contributed by atoms with E-state index in [1.807, 2.05) is 19.3 Å². The minimum Gasteiger partial charge on any atom is -0.498 e. The van der Waals surface area contributed by atoms with Crippen LogP contribution >= 0.6 is 11.8 Å². The largest absolute Gasteiger partial charge is 0.498 e. The summed E-state index contributed by atoms with van der Waals surface area (Å²) in [5.41, 5.74) is 0. The van der Waals surface area contributed by atoms with Crippen molar-refractivity contribution in [3.05, 3.63) is 12.3 Å². The Morgan fingerprint density at radius 2 is 2.08 bits per heavy atom. The summed E-state index contributed by atoms with van der Waals surface area (Å²) < 4.78 is 5.54. The van der Waals surface area contributed by atoms with Gasteiger partial charge in [0.25, 0.3) is 0 Å². The number of ether oxygens (including phenoxy) is 1. The molecular weight excluding hydrogens is 168 g/mol. The molecule has 1 fully saturated rings. The van der Waals surface area contributed by atoms with E-state index in [0.29, 0.717) is 6.10 Å². The zero-order valence-electron chi connectivity index (χ0n) is 7.95. The molecule has 0 aromatic heterocycles. The van der Waals surface area contributed by atoms with Gasteiger partial charge in [0.1, 0.15) is 0 Å². The molecule has 1 aliphatic heterocycles. The smallest absolute Gasteiger partial charge is 0.0978 e. The van der Waals surface area contributed by atoms with Gasteiger partial charge in [-0.3, -0.25) is 0 Å². The molecule has 0 aliphatic carbocycles. The highest BCUT2D eigenvalue weighted by Gasteiger charge is 2.20. The lowest BCUT2D eigenvalue weighted by Gasteiger charge is -2.26. The van der Waals surface area contributed by atoms with Crippen molar-refractivity contribution in [3.63, 3.8) is 0 Å². The third-order valence-electron chi connectivity index (χ3n) is 2.36. The van der Waals surface area contributed by atoms with Gasteiger partial charge in [-0.25, -0.2) is 0 Å². The summed E-state index contributed by atoms with van der Waals surface area (Å²) in [4.78, 5) is 0. The Morgan fingerprint density at radius 3 is 2.67 bits per heavy atom. The lowest BCUT2D eigenvalue weighted by Crippen LogP contribution is -2.23. The van der Waals surface area contributed by atoms with Gasteiger partial charge in [0.05, 0.1) is 12.4 Å². The Morgan fingerprint density at radius 1 is 1.42 bits per heavy atom. The zero-order chi connectivity index (χ0) is 8.81. The molecule has 1 saturated heterocycles. The van der Waals surface area contributed by atoms with E-state index in [-0.39, 0.29) is 0 Å². The molecule has 0 radical (unpaired) electrons. The maximum Gasteiger partial charge on any atom is 0.0978 e. The SMILES string of the molecule is C/C=C/OC(C)C1CCSCC1. The molecule has 70 valence electrons. The minimum atomic E-state index is 0.405. The highest BCUT2D eigenvalue weighted by Crippen LogP contribution is 2.26. The standard InChI is InChI=1S/C10H18OS/c1-3-6-11-9(2)10-4-7-12-8-5-10/h3,6,9-10H,4-5,7-8H2,1-2H3/b6-3+. The second kappa shape index (κ2) is 5.52. The highest BCUT2D eigenvalue weighted by atomic mass is 32.2. The summed E-state index contributed by atoms with van der Waals surface area (Å²) in [5.74, 6) is 3.41. The molecule has 1 atom stereocenters. The van der Waals surface area contributed by atoms with Crippen LogP contribution in [0, 0.1) is 5.92 Å². The van der Waals surface area contributed by atoms with Gasteiger partial charge in [-0.1, -0.05) is 6.08 Å². The van der Waals surface area contributed by atoms with E-state index in [0.717, 1.165) is 5.92 Å². The van der Waals surface area contributed by atoms with E-state index < -0.39 is 0 Å². The quantitative estimate of drug-likeness (QED) is 0.626. The van der Waals surface area contributed by atoms with E-state index in [1.54, 1.807) is 0 Å². The molecule has 12 heavy (non-hydrogen) atoms. The Kier molecular flexibility index (Phi) is 4.59. The lowest BCUT2D eigenvalue weighted by atomic mass is 9.97. The Hall–Kier alpha value is -0.110. The fraction of sp³-hybridized carbons (Fsp3) is 0.800. The molecule has 1 heterocycles. The first kappa shape index (κ1) is 9.97. The number of hydrogen-bond donors (Lipinski definition) is 0. The van der Waals surface area contributed by atoms with Gasteiger partial charge >= 0.3 is 0 Å². The molecule has 1 aliphatic rings. The van der Waals surface area contributed by atoms with Crippen LogP contribution in [-0.2, 0) is 4.74 Å². The molecular formula is C10H18OS. The second-order valence-corrected chi connectivity index (χ2v) is 4.49. The summed E-state index contributed by atoms with van der Waals surface area (Å²) in [7, 11) is 0. The molecule has 1 rings (SSSR count). The molecule has 0 spiro atoms. The third-order valence-corrected chi connectivity index (χ3v) is 3.41. The van der Waals surface area contributed by atoms with Gasteiger partial charge < -0.3 is 4.74 Å². The normalized spacial score (nSPS) is 22.8. The van der Waals surface area contributed by atoms with Gasteiger partial charge in [-0.2, -0.15) is 11.8 Å². The molecule has 0 saturated carbocycles. The fourth-order valence-corrected chi connectivity index (χ4v) is 2.64. The summed E-state index contributed by atoms with van der Waals surface area (Å²) >= 11 is 2.07. The summed E-state index contributed by atoms with van der Waals surface area (Å²) in [6, 6.07) is 0. The fourth-order valence-electron chi connectivity index (χ4n) is 1.50. The van der Waals surface area contributed by atoms with Crippen molar-refractivity contribution < 1.29 is 4.74 Å². The molecule has 0 aromatic carbocycles. The number of thioether (sulfide) groups is 1. The topological polar surface area (TPSA) is 9.23 Å². The van der Waals surface area contributed by atoms with Gasteiger partial charge in [-0.05, 0) is 44.1 Å². The van der Waals surface area contributed by atoms with Crippen LogP contribution in [0.3, 0.4) is 0 Å². The average Bonchev–Trinajstić information content (AvgIpc) is 2.15. The molecule has 1 unspecified atom stereocenters. The molecule has 0 amide bonds. The van der Waals surface area contributed by atoms with Crippen molar-refractivity contribution >= 4 is 11.8 Å². The minimum absolute atomic E-state index is 0.405. The summed E-state index contributed by atoms with van der Waals surface area (Å²) in [6.45, 7) is 4.17. The van der Waals surface area contributed by atoms with Gasteiger partial charge in [-0.15, -0.1) is 0 Å². The second-order valence-electron chi connectivity index (χ2n) is 3.26. The van der Waals surface area contributed by atoms with Gasteiger partial charge in [0.2, 0.25) is 0 Å². The summed E-state index contributed by atoms with van der Waals surface area (Å²) in [6.07, 6.45) is 6.81. The first-order valence-electron chi connectivity index (χ1n) is 4.69. The molecule has 0 aromatic rings. The van der Waals surface area contributed by atoms with Crippen molar-refractivity contribution in [2.45, 2.75) is 32.8 Å². The number of rotatable bonds is 3. The Labute approximate surface area is 79.6 Å². The summed E-state index contributed by atoms with van der Waals surface area (Å²) in [5, 5.41) is 0. The van der Waals surface area contributed by atoms with Crippen molar-refractivity contribution in [2.24, 2.45) is 5.92 Å². The van der Waals surface area contributed by atoms with Crippen LogP contribution < -0.4 is 0 Å². The predicted molar refractivity (Wildman–Crippen MR) is 55.4 cm³/mol. The number of hydrogen-bond acceptors (Lipinski definition) is 2. The van der Waals surface area contributed by atoms with Crippen LogP contribution in [0.25, 0.3) is 0 Å². The van der Waals surface area contributed by atoms with E-state index in [1.165, 1.54) is 24.3 Å². The Balaban J connectivity index is 2.24. The van der Waals surface area contributed by atoms with E-state index in [9.17, 15) is 0 Å². The maximum absolute atomic E-state index is 5.54. The van der Waals surface area contributed by atoms with Crippen LogP contribution in [0.1, 0.15) is 26.7 Å². The first-order chi connectivity index (χ1) is 5.84. The van der Waals surface area contributed by atoms with Crippen molar-refractivity contribution in [2.75, 3.05) is 11.5 Å². The average molecular weight is 186 g/mol. The van der Waals surface area contributed by atoms with E-state index in [4.69, 9.17) is 4.74 Å². The van der Waals surface area contributed by atoms with E-state index in [2.05, 4.69) is 18.7 Å². The lowest BCUT2D eigenvalue weighted by molar-refractivity contribution is 0.0971. The predicted octanol–water partition coefficient (Wildman–Crippen LogP) is 3.07. The first-order valence-corrected chi connectivity index (χ1v) is 5.84. The third kappa shape index (κ3) is 3.10. The molecule has 2 heteroatoms. The van der Waals surface area contributed by atoms with Crippen LogP contribution in [0.15, 0.2) is 12.3 Å². The maximum atomic E-state index is 5.54. The van der Waals surface area contributed by atoms with Crippen molar-refractivity contribution in [1.29, 1.82) is 0 Å². The number of allylic oxidation sites excluding steroid dienone is 1. The monoisotopic (exact) mass is 186 g/mol. The van der Waals surface area contributed by atoms with Gasteiger partial charge in [0.15, 0.2) is 0 Å².